The third-order valence-corrected chi connectivity index (χ3v) is 4.42. The highest BCUT2D eigenvalue weighted by Crippen LogP contribution is 2.25. The summed E-state index contributed by atoms with van der Waals surface area (Å²) in [5.41, 5.74) is -0.433. The molecule has 0 unspecified atom stereocenters. The zero-order chi connectivity index (χ0) is 12.6. The SMILES string of the molecule is COC(=O)N([C@H]1CCS(=O)(=O)C1)C(C)(C)C. The maximum absolute atomic E-state index is 11.7. The van der Waals surface area contributed by atoms with Gasteiger partial charge in [0.25, 0.3) is 0 Å². The van der Waals surface area contributed by atoms with Crippen LogP contribution in [-0.4, -0.2) is 49.6 Å². The lowest BCUT2D eigenvalue weighted by atomic mass is 10.0. The minimum absolute atomic E-state index is 0.0410. The van der Waals surface area contributed by atoms with E-state index in [2.05, 4.69) is 0 Å². The highest BCUT2D eigenvalue weighted by Gasteiger charge is 2.40. The summed E-state index contributed by atoms with van der Waals surface area (Å²) in [6, 6.07) is -0.266. The van der Waals surface area contributed by atoms with E-state index in [0.717, 1.165) is 0 Å². The van der Waals surface area contributed by atoms with Crippen molar-refractivity contribution in [3.8, 4) is 0 Å². The Morgan fingerprint density at radius 3 is 2.25 bits per heavy atom. The molecule has 1 rings (SSSR count). The minimum atomic E-state index is -2.99. The lowest BCUT2D eigenvalue weighted by Gasteiger charge is -2.38. The molecule has 1 fully saturated rings. The van der Waals surface area contributed by atoms with E-state index < -0.39 is 21.5 Å². The summed E-state index contributed by atoms with van der Waals surface area (Å²) in [6.07, 6.45) is 0.0314. The van der Waals surface area contributed by atoms with Crippen molar-refractivity contribution in [2.75, 3.05) is 18.6 Å². The van der Waals surface area contributed by atoms with E-state index in [-0.39, 0.29) is 17.5 Å². The maximum Gasteiger partial charge on any atom is 0.410 e. The summed E-state index contributed by atoms with van der Waals surface area (Å²) in [6.45, 7) is 5.61. The Balaban J connectivity index is 2.92. The van der Waals surface area contributed by atoms with Crippen LogP contribution in [0.1, 0.15) is 27.2 Å². The molecule has 16 heavy (non-hydrogen) atoms. The Morgan fingerprint density at radius 2 is 1.94 bits per heavy atom. The summed E-state index contributed by atoms with van der Waals surface area (Å²) < 4.78 is 27.5. The van der Waals surface area contributed by atoms with Crippen molar-refractivity contribution in [3.05, 3.63) is 0 Å². The summed E-state index contributed by atoms with van der Waals surface area (Å²) >= 11 is 0. The first-order valence-corrected chi connectivity index (χ1v) is 7.07. The first kappa shape index (κ1) is 13.3. The number of sulfone groups is 1. The van der Waals surface area contributed by atoms with E-state index in [0.29, 0.717) is 6.42 Å². The Kier molecular flexibility index (Phi) is 3.52. The number of amides is 1. The predicted octanol–water partition coefficient (Wildman–Crippen LogP) is 1.04. The first-order valence-electron chi connectivity index (χ1n) is 5.25. The molecule has 0 saturated carbocycles. The molecule has 0 radical (unpaired) electrons. The van der Waals surface area contributed by atoms with Crippen molar-refractivity contribution in [1.29, 1.82) is 0 Å². The van der Waals surface area contributed by atoms with Gasteiger partial charge in [0.15, 0.2) is 9.84 Å². The van der Waals surface area contributed by atoms with Crippen LogP contribution >= 0.6 is 0 Å². The minimum Gasteiger partial charge on any atom is -0.453 e. The Morgan fingerprint density at radius 1 is 1.38 bits per heavy atom. The number of rotatable bonds is 1. The third kappa shape index (κ3) is 2.87. The standard InChI is InChI=1S/C10H19NO4S/c1-10(2,3)11(9(12)15-4)8-5-6-16(13,14)7-8/h8H,5-7H2,1-4H3/t8-/m0/s1. The van der Waals surface area contributed by atoms with Crippen molar-refractivity contribution < 1.29 is 17.9 Å². The second-order valence-electron chi connectivity index (χ2n) is 5.07. The monoisotopic (exact) mass is 249 g/mol. The highest BCUT2D eigenvalue weighted by atomic mass is 32.2. The average molecular weight is 249 g/mol. The Bertz CT molecular complexity index is 369. The van der Waals surface area contributed by atoms with Gasteiger partial charge in [0.1, 0.15) is 0 Å². The molecule has 0 aromatic heterocycles. The van der Waals surface area contributed by atoms with E-state index >= 15 is 0 Å². The molecule has 0 aliphatic carbocycles. The molecule has 1 heterocycles. The largest absolute Gasteiger partial charge is 0.453 e. The smallest absolute Gasteiger partial charge is 0.410 e. The van der Waals surface area contributed by atoms with E-state index in [4.69, 9.17) is 4.74 Å². The summed E-state index contributed by atoms with van der Waals surface area (Å²) in [5, 5.41) is 0. The van der Waals surface area contributed by atoms with E-state index in [1.807, 2.05) is 20.8 Å². The molecule has 6 heteroatoms. The number of methoxy groups -OCH3 is 1. The van der Waals surface area contributed by atoms with Gasteiger partial charge in [-0.05, 0) is 27.2 Å². The Labute approximate surface area is 96.7 Å². The van der Waals surface area contributed by atoms with E-state index in [1.54, 1.807) is 0 Å². The van der Waals surface area contributed by atoms with Crippen molar-refractivity contribution in [3.63, 3.8) is 0 Å². The van der Waals surface area contributed by atoms with Gasteiger partial charge in [-0.3, -0.25) is 4.90 Å². The molecule has 5 nitrogen and oxygen atoms in total. The molecule has 1 amide bonds. The molecule has 1 aliphatic rings. The van der Waals surface area contributed by atoms with Crippen LogP contribution < -0.4 is 0 Å². The van der Waals surface area contributed by atoms with Crippen LogP contribution in [0.4, 0.5) is 4.79 Å². The molecule has 1 atom stereocenters. The van der Waals surface area contributed by atoms with E-state index in [1.165, 1.54) is 12.0 Å². The summed E-state index contributed by atoms with van der Waals surface area (Å²) in [5.74, 6) is 0.195. The fraction of sp³-hybridized carbons (Fsp3) is 0.900. The van der Waals surface area contributed by atoms with E-state index in [9.17, 15) is 13.2 Å². The number of nitrogens with zero attached hydrogens (tertiary/aromatic N) is 1. The van der Waals surface area contributed by atoms with Crippen LogP contribution in [0, 0.1) is 0 Å². The maximum atomic E-state index is 11.7. The number of carbonyl (C=O) groups is 1. The van der Waals surface area contributed by atoms with Gasteiger partial charge in [-0.2, -0.15) is 0 Å². The van der Waals surface area contributed by atoms with Crippen molar-refractivity contribution >= 4 is 15.9 Å². The Hall–Kier alpha value is -0.780. The third-order valence-electron chi connectivity index (χ3n) is 2.67. The summed E-state index contributed by atoms with van der Waals surface area (Å²) in [7, 11) is -1.68. The average Bonchev–Trinajstić information content (AvgIpc) is 2.43. The van der Waals surface area contributed by atoms with Crippen LogP contribution in [0.25, 0.3) is 0 Å². The van der Waals surface area contributed by atoms with Crippen molar-refractivity contribution in [2.45, 2.75) is 38.8 Å². The number of ether oxygens (including phenoxy) is 1. The van der Waals surface area contributed by atoms with Crippen LogP contribution in [0.5, 0.6) is 0 Å². The van der Waals surface area contributed by atoms with Gasteiger partial charge in [-0.1, -0.05) is 0 Å². The molecule has 1 saturated heterocycles. The zero-order valence-electron chi connectivity index (χ0n) is 10.2. The van der Waals surface area contributed by atoms with Gasteiger partial charge in [0.2, 0.25) is 0 Å². The first-order chi connectivity index (χ1) is 7.17. The molecule has 0 aromatic carbocycles. The van der Waals surface area contributed by atoms with Crippen LogP contribution in [0.2, 0.25) is 0 Å². The normalized spacial score (nSPS) is 24.1. The summed E-state index contributed by atoms with van der Waals surface area (Å²) in [4.78, 5) is 13.2. The number of carbonyl (C=O) groups excluding carboxylic acids is 1. The van der Waals surface area contributed by atoms with Gasteiger partial charge < -0.3 is 4.74 Å². The molecular weight excluding hydrogens is 230 g/mol. The lowest BCUT2D eigenvalue weighted by Crippen LogP contribution is -2.52. The molecule has 0 N–H and O–H groups in total. The van der Waals surface area contributed by atoms with Gasteiger partial charge in [-0.25, -0.2) is 13.2 Å². The van der Waals surface area contributed by atoms with Gasteiger partial charge in [-0.15, -0.1) is 0 Å². The predicted molar refractivity (Wildman–Crippen MR) is 61.1 cm³/mol. The molecule has 0 aromatic rings. The fourth-order valence-electron chi connectivity index (χ4n) is 2.05. The highest BCUT2D eigenvalue weighted by molar-refractivity contribution is 7.91. The fourth-order valence-corrected chi connectivity index (χ4v) is 3.75. The van der Waals surface area contributed by atoms with Gasteiger partial charge in [0.05, 0.1) is 24.7 Å². The molecular formula is C10H19NO4S. The quantitative estimate of drug-likeness (QED) is 0.696. The molecule has 94 valence electrons. The second kappa shape index (κ2) is 4.24. The number of hydrogen-bond acceptors (Lipinski definition) is 4. The van der Waals surface area contributed by atoms with Crippen LogP contribution in [-0.2, 0) is 14.6 Å². The second-order valence-corrected chi connectivity index (χ2v) is 7.30. The zero-order valence-corrected chi connectivity index (χ0v) is 11.0. The van der Waals surface area contributed by atoms with Crippen LogP contribution in [0.3, 0.4) is 0 Å². The van der Waals surface area contributed by atoms with Crippen molar-refractivity contribution in [1.82, 2.24) is 4.90 Å². The lowest BCUT2D eigenvalue weighted by molar-refractivity contribution is 0.0632. The van der Waals surface area contributed by atoms with Gasteiger partial charge >= 0.3 is 6.09 Å². The molecule has 0 spiro atoms. The molecule has 0 bridgehead atoms. The van der Waals surface area contributed by atoms with Gasteiger partial charge in [0, 0.05) is 5.54 Å². The van der Waals surface area contributed by atoms with Crippen LogP contribution in [0.15, 0.2) is 0 Å². The van der Waals surface area contributed by atoms with Crippen molar-refractivity contribution in [2.24, 2.45) is 0 Å². The topological polar surface area (TPSA) is 63.7 Å². The molecule has 1 aliphatic heterocycles. The number of hydrogen-bond donors (Lipinski definition) is 0.